The highest BCUT2D eigenvalue weighted by Gasteiger charge is 2.14. The molecule has 0 aromatic heterocycles. The fourth-order valence-corrected chi connectivity index (χ4v) is 2.19. The van der Waals surface area contributed by atoms with E-state index in [0.29, 0.717) is 12.5 Å². The van der Waals surface area contributed by atoms with Gasteiger partial charge in [-0.15, -0.1) is 0 Å². The lowest BCUT2D eigenvalue weighted by molar-refractivity contribution is 0.383. The van der Waals surface area contributed by atoms with E-state index in [0.717, 1.165) is 38.1 Å². The first-order chi connectivity index (χ1) is 8.70. The Hall–Kier alpha value is -1.36. The molecule has 1 aliphatic heterocycles. The zero-order valence-electron chi connectivity index (χ0n) is 10.4. The quantitative estimate of drug-likeness (QED) is 0.848. The molecule has 2 rings (SSSR count). The van der Waals surface area contributed by atoms with Crippen molar-refractivity contribution in [2.75, 3.05) is 32.1 Å². The zero-order chi connectivity index (χ0) is 13.0. The molecule has 0 saturated carbocycles. The Morgan fingerprint density at radius 3 is 2.89 bits per heavy atom. The van der Waals surface area contributed by atoms with Crippen molar-refractivity contribution in [3.8, 4) is 5.75 Å². The number of hydrogen-bond acceptors (Lipinski definition) is 3. The van der Waals surface area contributed by atoms with Crippen LogP contribution in [0.2, 0.25) is 0 Å². The second-order valence-corrected chi connectivity index (χ2v) is 4.54. The maximum absolute atomic E-state index is 13.6. The number of ether oxygens (including phenoxy) is 1. The molecule has 0 bridgehead atoms. The Morgan fingerprint density at radius 2 is 2.22 bits per heavy atom. The minimum atomic E-state index is -0.552. The Bertz CT molecular complexity index is 406. The molecule has 1 aliphatic rings. The highest BCUT2D eigenvalue weighted by atomic mass is 19.1. The van der Waals surface area contributed by atoms with Crippen LogP contribution in [0, 0.1) is 17.6 Å². The molecule has 2 N–H and O–H groups in total. The second kappa shape index (κ2) is 6.00. The number of anilines is 1. The van der Waals surface area contributed by atoms with Gasteiger partial charge < -0.3 is 15.4 Å². The van der Waals surface area contributed by atoms with Crippen molar-refractivity contribution in [3.05, 3.63) is 23.8 Å². The van der Waals surface area contributed by atoms with Gasteiger partial charge in [0, 0.05) is 18.7 Å². The van der Waals surface area contributed by atoms with E-state index in [1.54, 1.807) is 0 Å². The number of nitrogens with one attached hydrogen (secondary N) is 2. The minimum Gasteiger partial charge on any atom is -0.494 e. The van der Waals surface area contributed by atoms with Crippen LogP contribution in [0.5, 0.6) is 5.75 Å². The molecule has 1 aromatic rings. The van der Waals surface area contributed by atoms with Crippen molar-refractivity contribution in [2.24, 2.45) is 5.92 Å². The molecular formula is C13H18F2N2O. The molecule has 1 fully saturated rings. The molecule has 0 radical (unpaired) electrons. The highest BCUT2D eigenvalue weighted by molar-refractivity contribution is 5.48. The maximum atomic E-state index is 13.6. The molecule has 1 heterocycles. The van der Waals surface area contributed by atoms with Crippen molar-refractivity contribution in [3.63, 3.8) is 0 Å². The van der Waals surface area contributed by atoms with Gasteiger partial charge in [0.25, 0.3) is 0 Å². The summed E-state index contributed by atoms with van der Waals surface area (Å²) < 4.78 is 31.7. The van der Waals surface area contributed by atoms with Gasteiger partial charge in [-0.1, -0.05) is 0 Å². The van der Waals surface area contributed by atoms with E-state index in [1.807, 2.05) is 0 Å². The molecule has 1 aromatic carbocycles. The van der Waals surface area contributed by atoms with E-state index in [2.05, 4.69) is 10.6 Å². The Morgan fingerprint density at radius 1 is 1.39 bits per heavy atom. The normalized spacial score (nSPS) is 18.9. The SMILES string of the molecule is COc1cc(F)c(NCCC2CCNC2)cc1F. The summed E-state index contributed by atoms with van der Waals surface area (Å²) in [6, 6.07) is 2.20. The summed E-state index contributed by atoms with van der Waals surface area (Å²) in [7, 11) is 1.32. The summed E-state index contributed by atoms with van der Waals surface area (Å²) in [5.41, 5.74) is 0.194. The van der Waals surface area contributed by atoms with Crippen LogP contribution in [-0.2, 0) is 0 Å². The summed E-state index contributed by atoms with van der Waals surface area (Å²) in [6.45, 7) is 2.71. The van der Waals surface area contributed by atoms with Crippen LogP contribution in [0.4, 0.5) is 14.5 Å². The summed E-state index contributed by atoms with van der Waals surface area (Å²) >= 11 is 0. The third-order valence-electron chi connectivity index (χ3n) is 3.27. The van der Waals surface area contributed by atoms with Crippen molar-refractivity contribution in [1.82, 2.24) is 5.32 Å². The number of benzene rings is 1. The van der Waals surface area contributed by atoms with Crippen LogP contribution in [0.25, 0.3) is 0 Å². The van der Waals surface area contributed by atoms with E-state index in [4.69, 9.17) is 4.74 Å². The van der Waals surface area contributed by atoms with Crippen LogP contribution in [0.1, 0.15) is 12.8 Å². The number of methoxy groups -OCH3 is 1. The predicted molar refractivity (Wildman–Crippen MR) is 67.0 cm³/mol. The Labute approximate surface area is 106 Å². The molecule has 0 aliphatic carbocycles. The zero-order valence-corrected chi connectivity index (χ0v) is 10.4. The molecule has 18 heavy (non-hydrogen) atoms. The minimum absolute atomic E-state index is 0.0713. The fraction of sp³-hybridized carbons (Fsp3) is 0.538. The predicted octanol–water partition coefficient (Wildman–Crippen LogP) is 2.38. The van der Waals surface area contributed by atoms with Gasteiger partial charge in [-0.05, 0) is 31.8 Å². The second-order valence-electron chi connectivity index (χ2n) is 4.54. The van der Waals surface area contributed by atoms with E-state index < -0.39 is 11.6 Å². The largest absolute Gasteiger partial charge is 0.494 e. The van der Waals surface area contributed by atoms with Gasteiger partial charge in [0.2, 0.25) is 0 Å². The van der Waals surface area contributed by atoms with Gasteiger partial charge >= 0.3 is 0 Å². The van der Waals surface area contributed by atoms with E-state index in [1.165, 1.54) is 7.11 Å². The molecule has 1 saturated heterocycles. The van der Waals surface area contributed by atoms with Gasteiger partial charge in [0.05, 0.1) is 12.8 Å². The van der Waals surface area contributed by atoms with Gasteiger partial charge in [-0.3, -0.25) is 0 Å². The van der Waals surface area contributed by atoms with E-state index in [9.17, 15) is 8.78 Å². The molecule has 5 heteroatoms. The standard InChI is InChI=1S/C13H18F2N2O/c1-18-13-7-10(14)12(6-11(13)15)17-5-3-9-2-4-16-8-9/h6-7,9,16-17H,2-5,8H2,1H3. The van der Waals surface area contributed by atoms with Gasteiger partial charge in [0.15, 0.2) is 11.6 Å². The molecule has 0 amide bonds. The first-order valence-corrected chi connectivity index (χ1v) is 6.18. The third-order valence-corrected chi connectivity index (χ3v) is 3.27. The summed E-state index contributed by atoms with van der Waals surface area (Å²) in [4.78, 5) is 0. The number of halogens is 2. The molecule has 100 valence electrons. The van der Waals surface area contributed by atoms with Crippen LogP contribution in [-0.4, -0.2) is 26.7 Å². The lowest BCUT2D eigenvalue weighted by Gasteiger charge is -2.12. The average Bonchev–Trinajstić information content (AvgIpc) is 2.86. The van der Waals surface area contributed by atoms with Crippen LogP contribution >= 0.6 is 0 Å². The molecule has 0 spiro atoms. The van der Waals surface area contributed by atoms with Gasteiger partial charge in [0.1, 0.15) is 5.82 Å². The van der Waals surface area contributed by atoms with Crippen molar-refractivity contribution >= 4 is 5.69 Å². The van der Waals surface area contributed by atoms with Crippen LogP contribution < -0.4 is 15.4 Å². The van der Waals surface area contributed by atoms with E-state index in [-0.39, 0.29) is 11.4 Å². The van der Waals surface area contributed by atoms with Gasteiger partial charge in [-0.2, -0.15) is 0 Å². The van der Waals surface area contributed by atoms with E-state index >= 15 is 0 Å². The molecule has 1 atom stereocenters. The topological polar surface area (TPSA) is 33.3 Å². The molecule has 1 unspecified atom stereocenters. The number of hydrogen-bond donors (Lipinski definition) is 2. The lowest BCUT2D eigenvalue weighted by atomic mass is 10.1. The van der Waals surface area contributed by atoms with Crippen LogP contribution in [0.15, 0.2) is 12.1 Å². The maximum Gasteiger partial charge on any atom is 0.167 e. The van der Waals surface area contributed by atoms with Crippen molar-refractivity contribution in [2.45, 2.75) is 12.8 Å². The average molecular weight is 256 g/mol. The summed E-state index contributed by atoms with van der Waals surface area (Å²) in [5, 5.41) is 6.21. The smallest absolute Gasteiger partial charge is 0.167 e. The lowest BCUT2D eigenvalue weighted by Crippen LogP contribution is -2.13. The van der Waals surface area contributed by atoms with Crippen LogP contribution in [0.3, 0.4) is 0 Å². The fourth-order valence-electron chi connectivity index (χ4n) is 2.19. The van der Waals surface area contributed by atoms with Gasteiger partial charge in [-0.25, -0.2) is 8.78 Å². The first-order valence-electron chi connectivity index (χ1n) is 6.18. The third kappa shape index (κ3) is 3.10. The summed E-state index contributed by atoms with van der Waals surface area (Å²) in [6.07, 6.45) is 2.11. The Kier molecular flexibility index (Phi) is 4.36. The monoisotopic (exact) mass is 256 g/mol. The Balaban J connectivity index is 1.90. The van der Waals surface area contributed by atoms with Crippen molar-refractivity contribution in [1.29, 1.82) is 0 Å². The molecule has 3 nitrogen and oxygen atoms in total. The number of rotatable bonds is 5. The van der Waals surface area contributed by atoms with Crippen molar-refractivity contribution < 1.29 is 13.5 Å². The first kappa shape index (κ1) is 13.1. The summed E-state index contributed by atoms with van der Waals surface area (Å²) in [5.74, 6) is -0.483. The molecular weight excluding hydrogens is 238 g/mol. The highest BCUT2D eigenvalue weighted by Crippen LogP contribution is 2.24.